The van der Waals surface area contributed by atoms with Gasteiger partial charge < -0.3 is 0 Å². The Morgan fingerprint density at radius 1 is 1.21 bits per heavy atom. The van der Waals surface area contributed by atoms with Crippen LogP contribution in [0.4, 0.5) is 8.78 Å². The first-order valence-electron chi connectivity index (χ1n) is 9.80. The van der Waals surface area contributed by atoms with Crippen molar-refractivity contribution in [1.29, 1.82) is 0 Å². The van der Waals surface area contributed by atoms with E-state index in [-0.39, 0.29) is 17.4 Å². The molecule has 0 saturated carbocycles. The lowest BCUT2D eigenvalue weighted by molar-refractivity contribution is 0.143. The third-order valence-electron chi connectivity index (χ3n) is 5.85. The van der Waals surface area contributed by atoms with Gasteiger partial charge in [0.25, 0.3) is 12.2 Å². The van der Waals surface area contributed by atoms with Gasteiger partial charge >= 0.3 is 0 Å². The second-order valence-electron chi connectivity index (χ2n) is 8.03. The van der Waals surface area contributed by atoms with Crippen molar-refractivity contribution in [3.05, 3.63) is 57.6 Å². The molecule has 1 aliphatic rings. The van der Waals surface area contributed by atoms with Crippen LogP contribution in [0.3, 0.4) is 0 Å². The van der Waals surface area contributed by atoms with Crippen molar-refractivity contribution in [3.63, 3.8) is 0 Å². The molecule has 2 aromatic heterocycles. The molecule has 1 saturated heterocycles. The second kappa shape index (κ2) is 7.95. The molecule has 1 aliphatic heterocycles. The maximum Gasteiger partial charge on any atom is 0.280 e. The van der Waals surface area contributed by atoms with Crippen molar-refractivity contribution >= 4 is 17.4 Å². The van der Waals surface area contributed by atoms with E-state index in [1.165, 1.54) is 18.0 Å². The van der Waals surface area contributed by atoms with Crippen LogP contribution in [0.5, 0.6) is 0 Å². The summed E-state index contributed by atoms with van der Waals surface area (Å²) in [7, 11) is 0. The van der Waals surface area contributed by atoms with Crippen molar-refractivity contribution in [2.45, 2.75) is 46.1 Å². The topological polar surface area (TPSA) is 46.3 Å². The highest BCUT2D eigenvalue weighted by Gasteiger charge is 2.31. The van der Waals surface area contributed by atoms with E-state index in [0.29, 0.717) is 5.92 Å². The SMILES string of the molecule is Cc1cc(CN2CC[C@@H](C)[C@H](c3cc(C(F)F)nc4ncnn34)C2)cc(C)c1Cl. The van der Waals surface area contributed by atoms with E-state index in [2.05, 4.69) is 39.0 Å². The summed E-state index contributed by atoms with van der Waals surface area (Å²) in [5.74, 6) is 0.647. The van der Waals surface area contributed by atoms with Crippen LogP contribution in [0.25, 0.3) is 5.78 Å². The van der Waals surface area contributed by atoms with Crippen molar-refractivity contribution in [3.8, 4) is 0 Å². The van der Waals surface area contributed by atoms with E-state index in [4.69, 9.17) is 11.6 Å². The Kier molecular flexibility index (Phi) is 5.53. The first-order valence-corrected chi connectivity index (χ1v) is 10.2. The highest BCUT2D eigenvalue weighted by Crippen LogP contribution is 2.34. The average Bonchev–Trinajstić information content (AvgIpc) is 3.15. The van der Waals surface area contributed by atoms with E-state index >= 15 is 0 Å². The Hall–Kier alpha value is -2.12. The van der Waals surface area contributed by atoms with E-state index in [1.807, 2.05) is 13.8 Å². The van der Waals surface area contributed by atoms with Crippen molar-refractivity contribution in [2.24, 2.45) is 5.92 Å². The maximum atomic E-state index is 13.4. The quantitative estimate of drug-likeness (QED) is 0.599. The van der Waals surface area contributed by atoms with E-state index in [9.17, 15) is 8.78 Å². The number of aromatic nitrogens is 4. The molecule has 0 bridgehead atoms. The minimum atomic E-state index is -2.63. The highest BCUT2D eigenvalue weighted by atomic mass is 35.5. The molecule has 29 heavy (non-hydrogen) atoms. The summed E-state index contributed by atoms with van der Waals surface area (Å²) >= 11 is 6.30. The molecule has 5 nitrogen and oxygen atoms in total. The largest absolute Gasteiger partial charge is 0.298 e. The van der Waals surface area contributed by atoms with Gasteiger partial charge in [-0.25, -0.2) is 18.3 Å². The van der Waals surface area contributed by atoms with Gasteiger partial charge in [0.1, 0.15) is 12.0 Å². The van der Waals surface area contributed by atoms with Gasteiger partial charge in [-0.1, -0.05) is 30.7 Å². The number of piperidine rings is 1. The summed E-state index contributed by atoms with van der Waals surface area (Å²) in [6.07, 6.45) is -0.282. The molecule has 0 amide bonds. The van der Waals surface area contributed by atoms with Crippen LogP contribution in [-0.4, -0.2) is 37.6 Å². The minimum Gasteiger partial charge on any atom is -0.298 e. The third kappa shape index (κ3) is 3.98. The number of halogens is 3. The lowest BCUT2D eigenvalue weighted by Crippen LogP contribution is -2.38. The fraction of sp³-hybridized carbons (Fsp3) is 0.476. The van der Waals surface area contributed by atoms with Gasteiger partial charge in [0.05, 0.1) is 5.69 Å². The Morgan fingerprint density at radius 2 is 1.93 bits per heavy atom. The number of hydrogen-bond donors (Lipinski definition) is 0. The summed E-state index contributed by atoms with van der Waals surface area (Å²) in [4.78, 5) is 10.4. The summed E-state index contributed by atoms with van der Waals surface area (Å²) in [5.41, 5.74) is 3.87. The normalized spacial score (nSPS) is 20.7. The molecule has 4 rings (SSSR count). The summed E-state index contributed by atoms with van der Waals surface area (Å²) < 4.78 is 28.4. The molecule has 0 spiro atoms. The number of alkyl halides is 2. The number of rotatable bonds is 4. The summed E-state index contributed by atoms with van der Waals surface area (Å²) in [5, 5.41) is 5.04. The first kappa shape index (κ1) is 20.2. The average molecular weight is 420 g/mol. The van der Waals surface area contributed by atoms with Crippen LogP contribution < -0.4 is 0 Å². The third-order valence-corrected chi connectivity index (χ3v) is 6.44. The Bertz CT molecular complexity index is 1010. The van der Waals surface area contributed by atoms with Crippen LogP contribution >= 0.6 is 11.6 Å². The van der Waals surface area contributed by atoms with E-state index < -0.39 is 6.43 Å². The van der Waals surface area contributed by atoms with Crippen LogP contribution in [0, 0.1) is 19.8 Å². The standard InChI is InChI=1S/C21H24ClF2N5/c1-12-4-5-28(9-15-6-13(2)19(22)14(3)7-15)10-16(12)18-8-17(20(23)24)27-21-25-11-26-29(18)21/h6-8,11-12,16,20H,4-5,9-10H2,1-3H3/t12-,16-/m1/s1. The van der Waals surface area contributed by atoms with Crippen molar-refractivity contribution < 1.29 is 8.78 Å². The molecule has 1 fully saturated rings. The van der Waals surface area contributed by atoms with E-state index in [0.717, 1.165) is 47.9 Å². The number of nitrogens with zero attached hydrogens (tertiary/aromatic N) is 5. The second-order valence-corrected chi connectivity index (χ2v) is 8.41. The maximum absolute atomic E-state index is 13.4. The number of hydrogen-bond acceptors (Lipinski definition) is 4. The van der Waals surface area contributed by atoms with Crippen LogP contribution in [0.2, 0.25) is 5.02 Å². The van der Waals surface area contributed by atoms with Crippen LogP contribution in [-0.2, 0) is 6.54 Å². The smallest absolute Gasteiger partial charge is 0.280 e. The van der Waals surface area contributed by atoms with Crippen molar-refractivity contribution in [1.82, 2.24) is 24.5 Å². The minimum absolute atomic E-state index is 0.0722. The number of aryl methyl sites for hydroxylation is 2. The van der Waals surface area contributed by atoms with Gasteiger partial charge in [-0.2, -0.15) is 10.1 Å². The fourth-order valence-corrected chi connectivity index (χ4v) is 4.39. The molecule has 0 radical (unpaired) electrons. The number of benzene rings is 1. The predicted octanol–water partition coefficient (Wildman–Crippen LogP) is 4.96. The molecule has 154 valence electrons. The zero-order chi connectivity index (χ0) is 20.7. The van der Waals surface area contributed by atoms with E-state index in [1.54, 1.807) is 4.52 Å². The highest BCUT2D eigenvalue weighted by molar-refractivity contribution is 6.32. The van der Waals surface area contributed by atoms with Gasteiger partial charge in [-0.3, -0.25) is 4.90 Å². The number of fused-ring (bicyclic) bond motifs is 1. The molecule has 0 aliphatic carbocycles. The van der Waals surface area contributed by atoms with Gasteiger partial charge in [0.15, 0.2) is 0 Å². The Morgan fingerprint density at radius 3 is 2.62 bits per heavy atom. The molecule has 2 atom stereocenters. The fourth-order valence-electron chi connectivity index (χ4n) is 4.28. The lowest BCUT2D eigenvalue weighted by Gasteiger charge is -2.37. The zero-order valence-corrected chi connectivity index (χ0v) is 17.5. The zero-order valence-electron chi connectivity index (χ0n) is 16.7. The summed E-state index contributed by atoms with van der Waals surface area (Å²) in [6, 6.07) is 5.74. The van der Waals surface area contributed by atoms with Crippen molar-refractivity contribution in [2.75, 3.05) is 13.1 Å². The first-order chi connectivity index (χ1) is 13.8. The van der Waals surface area contributed by atoms with Gasteiger partial charge in [0.2, 0.25) is 0 Å². The van der Waals surface area contributed by atoms with Crippen LogP contribution in [0.1, 0.15) is 53.8 Å². The number of likely N-dealkylation sites (tertiary alicyclic amines) is 1. The van der Waals surface area contributed by atoms with Crippen LogP contribution in [0.15, 0.2) is 24.5 Å². The lowest BCUT2D eigenvalue weighted by atomic mass is 9.84. The molecule has 3 aromatic rings. The summed E-state index contributed by atoms with van der Waals surface area (Å²) in [6.45, 7) is 8.74. The Balaban J connectivity index is 1.63. The molecule has 3 heterocycles. The molecular weight excluding hydrogens is 396 g/mol. The molecule has 0 unspecified atom stereocenters. The molecule has 0 N–H and O–H groups in total. The monoisotopic (exact) mass is 419 g/mol. The van der Waals surface area contributed by atoms with Gasteiger partial charge in [-0.05, 0) is 55.5 Å². The Labute approximate surface area is 173 Å². The predicted molar refractivity (Wildman–Crippen MR) is 108 cm³/mol. The van der Waals surface area contributed by atoms with Gasteiger partial charge in [-0.15, -0.1) is 0 Å². The van der Waals surface area contributed by atoms with Gasteiger partial charge in [0, 0.05) is 24.0 Å². The molecule has 8 heteroatoms. The molecular formula is C21H24ClF2N5. The molecule has 1 aromatic carbocycles.